The fraction of sp³-hybridized carbons (Fsp3) is 0.250. The first-order valence-corrected chi connectivity index (χ1v) is 4.12. The highest BCUT2D eigenvalue weighted by Crippen LogP contribution is 2.15. The van der Waals surface area contributed by atoms with E-state index in [4.69, 9.17) is 16.2 Å². The van der Waals surface area contributed by atoms with Crippen LogP contribution in [-0.4, -0.2) is 21.5 Å². The molecule has 0 amide bonds. The minimum absolute atomic E-state index is 0.337. The van der Waals surface area contributed by atoms with Gasteiger partial charge in [-0.2, -0.15) is 4.98 Å². The van der Waals surface area contributed by atoms with E-state index in [1.54, 1.807) is 16.8 Å². The van der Waals surface area contributed by atoms with Gasteiger partial charge in [0.25, 0.3) is 0 Å². The number of aromatic nitrogens is 3. The first-order valence-electron chi connectivity index (χ1n) is 4.12. The van der Waals surface area contributed by atoms with Gasteiger partial charge in [0, 0.05) is 12.7 Å². The second-order valence-electron chi connectivity index (χ2n) is 2.84. The Hall–Kier alpha value is -1.82. The van der Waals surface area contributed by atoms with Crippen molar-refractivity contribution in [1.29, 1.82) is 0 Å². The Labute approximate surface area is 80.5 Å². The zero-order valence-corrected chi connectivity index (χ0v) is 7.77. The van der Waals surface area contributed by atoms with Crippen molar-refractivity contribution >= 4 is 11.5 Å². The largest absolute Gasteiger partial charge is 0.480 e. The Bertz CT molecular complexity index is 464. The van der Waals surface area contributed by atoms with Crippen LogP contribution in [0.15, 0.2) is 12.4 Å². The molecule has 4 N–H and O–H groups in total. The molecule has 0 aromatic carbocycles. The lowest BCUT2D eigenvalue weighted by Crippen LogP contribution is -1.99. The van der Waals surface area contributed by atoms with Gasteiger partial charge in [0.1, 0.15) is 0 Å². The Morgan fingerprint density at radius 3 is 2.86 bits per heavy atom. The summed E-state index contributed by atoms with van der Waals surface area (Å²) in [6, 6.07) is 0. The topological polar surface area (TPSA) is 91.5 Å². The van der Waals surface area contributed by atoms with E-state index in [1.807, 2.05) is 0 Å². The Kier molecular flexibility index (Phi) is 1.97. The summed E-state index contributed by atoms with van der Waals surface area (Å²) in [6.45, 7) is 0.378. The summed E-state index contributed by atoms with van der Waals surface area (Å²) < 4.78 is 6.73. The summed E-state index contributed by atoms with van der Waals surface area (Å²) in [5, 5.41) is 0. The molecule has 0 aliphatic heterocycles. The smallest absolute Gasteiger partial charge is 0.232 e. The number of nitrogens with zero attached hydrogens (tertiary/aromatic N) is 3. The first-order chi connectivity index (χ1) is 6.74. The number of nitrogens with two attached hydrogens (primary N) is 2. The van der Waals surface area contributed by atoms with Crippen molar-refractivity contribution in [2.75, 3.05) is 12.8 Å². The third-order valence-electron chi connectivity index (χ3n) is 1.91. The highest BCUT2D eigenvalue weighted by molar-refractivity contribution is 5.60. The van der Waals surface area contributed by atoms with Crippen molar-refractivity contribution in [2.45, 2.75) is 6.54 Å². The Morgan fingerprint density at radius 1 is 1.43 bits per heavy atom. The summed E-state index contributed by atoms with van der Waals surface area (Å²) in [6.07, 6.45) is 3.51. The summed E-state index contributed by atoms with van der Waals surface area (Å²) >= 11 is 0. The van der Waals surface area contributed by atoms with Crippen LogP contribution in [0.1, 0.15) is 5.69 Å². The molecule has 0 atom stereocenters. The molecule has 0 fully saturated rings. The number of fused-ring (bicyclic) bond motifs is 1. The third-order valence-corrected chi connectivity index (χ3v) is 1.91. The van der Waals surface area contributed by atoms with Crippen LogP contribution in [0.3, 0.4) is 0 Å². The van der Waals surface area contributed by atoms with Crippen molar-refractivity contribution in [3.63, 3.8) is 0 Å². The molecule has 6 nitrogen and oxygen atoms in total. The molecule has 2 rings (SSSR count). The van der Waals surface area contributed by atoms with E-state index in [0.29, 0.717) is 23.9 Å². The van der Waals surface area contributed by atoms with Crippen molar-refractivity contribution in [3.05, 3.63) is 18.1 Å². The maximum Gasteiger partial charge on any atom is 0.232 e. The van der Waals surface area contributed by atoms with Crippen LogP contribution in [0, 0.1) is 0 Å². The predicted molar refractivity (Wildman–Crippen MR) is 51.8 cm³/mol. The lowest BCUT2D eigenvalue weighted by atomic mass is 10.5. The van der Waals surface area contributed by atoms with Gasteiger partial charge in [-0.3, -0.25) is 4.40 Å². The van der Waals surface area contributed by atoms with Crippen molar-refractivity contribution < 1.29 is 4.74 Å². The van der Waals surface area contributed by atoms with Crippen LogP contribution in [0.2, 0.25) is 0 Å². The van der Waals surface area contributed by atoms with E-state index in [9.17, 15) is 0 Å². The van der Waals surface area contributed by atoms with Gasteiger partial charge >= 0.3 is 0 Å². The number of hydrogen-bond donors (Lipinski definition) is 2. The van der Waals surface area contributed by atoms with E-state index < -0.39 is 0 Å². The minimum atomic E-state index is 0.337. The molecule has 0 radical (unpaired) electrons. The molecule has 2 aromatic heterocycles. The average Bonchev–Trinajstić information content (AvgIpc) is 2.61. The van der Waals surface area contributed by atoms with Gasteiger partial charge in [0.2, 0.25) is 5.88 Å². The van der Waals surface area contributed by atoms with Gasteiger partial charge < -0.3 is 16.2 Å². The maximum absolute atomic E-state index is 5.69. The molecule has 6 heteroatoms. The van der Waals surface area contributed by atoms with E-state index >= 15 is 0 Å². The van der Waals surface area contributed by atoms with Crippen LogP contribution in [0.5, 0.6) is 5.88 Å². The molecule has 0 bridgehead atoms. The monoisotopic (exact) mass is 193 g/mol. The zero-order valence-electron chi connectivity index (χ0n) is 7.77. The number of rotatable bonds is 2. The van der Waals surface area contributed by atoms with Crippen LogP contribution in [0.4, 0.5) is 5.82 Å². The average molecular weight is 193 g/mol. The molecule has 2 heterocycles. The maximum atomic E-state index is 5.69. The van der Waals surface area contributed by atoms with Gasteiger partial charge in [-0.15, -0.1) is 0 Å². The molecule has 0 aliphatic rings. The molecule has 0 saturated heterocycles. The van der Waals surface area contributed by atoms with Crippen molar-refractivity contribution in [1.82, 2.24) is 14.4 Å². The van der Waals surface area contributed by atoms with Gasteiger partial charge in [-0.05, 0) is 0 Å². The number of methoxy groups -OCH3 is 1. The number of imidazole rings is 1. The molecule has 2 aromatic rings. The van der Waals surface area contributed by atoms with Crippen LogP contribution >= 0.6 is 0 Å². The predicted octanol–water partition coefficient (Wildman–Crippen LogP) is -0.221. The number of nitrogen functional groups attached to an aromatic ring is 1. The number of ether oxygens (including phenoxy) is 1. The Balaban J connectivity index is 2.67. The first kappa shape index (κ1) is 8.76. The van der Waals surface area contributed by atoms with E-state index in [1.165, 1.54) is 7.11 Å². The fourth-order valence-electron chi connectivity index (χ4n) is 1.25. The summed E-state index contributed by atoms with van der Waals surface area (Å²) in [7, 11) is 1.54. The highest BCUT2D eigenvalue weighted by atomic mass is 16.5. The summed E-state index contributed by atoms with van der Waals surface area (Å²) in [4.78, 5) is 8.20. The fourth-order valence-corrected chi connectivity index (χ4v) is 1.25. The molecule has 0 aliphatic carbocycles. The van der Waals surface area contributed by atoms with Gasteiger partial charge in [0.15, 0.2) is 11.5 Å². The van der Waals surface area contributed by atoms with Crippen LogP contribution in [-0.2, 0) is 6.54 Å². The quantitative estimate of drug-likeness (QED) is 0.687. The highest BCUT2D eigenvalue weighted by Gasteiger charge is 2.06. The normalized spacial score (nSPS) is 10.7. The molecule has 74 valence electrons. The van der Waals surface area contributed by atoms with Gasteiger partial charge in [-0.25, -0.2) is 4.98 Å². The zero-order chi connectivity index (χ0) is 10.1. The van der Waals surface area contributed by atoms with E-state index in [2.05, 4.69) is 9.97 Å². The second-order valence-corrected chi connectivity index (χ2v) is 2.84. The van der Waals surface area contributed by atoms with Gasteiger partial charge in [0.05, 0.1) is 19.0 Å². The van der Waals surface area contributed by atoms with E-state index in [0.717, 1.165) is 5.69 Å². The molecule has 14 heavy (non-hydrogen) atoms. The second kappa shape index (κ2) is 3.15. The van der Waals surface area contributed by atoms with E-state index in [-0.39, 0.29) is 0 Å². The molecular weight excluding hydrogens is 182 g/mol. The summed E-state index contributed by atoms with van der Waals surface area (Å²) in [5.41, 5.74) is 12.5. The molecule has 0 spiro atoms. The standard InChI is InChI=1S/C8H11N5O/c1-14-6-4-13-3-5(2-9)11-8(13)7(10)12-6/h3-4H,2,9H2,1H3,(H2,10,12). The lowest BCUT2D eigenvalue weighted by Gasteiger charge is -2.01. The molecule has 0 saturated carbocycles. The number of anilines is 1. The minimum Gasteiger partial charge on any atom is -0.480 e. The molecular formula is C8H11N5O. The van der Waals surface area contributed by atoms with Crippen molar-refractivity contribution in [2.24, 2.45) is 5.73 Å². The summed E-state index contributed by atoms with van der Waals surface area (Å²) in [5.74, 6) is 0.792. The van der Waals surface area contributed by atoms with Crippen molar-refractivity contribution in [3.8, 4) is 5.88 Å². The van der Waals surface area contributed by atoms with Crippen LogP contribution < -0.4 is 16.2 Å². The number of hydrogen-bond acceptors (Lipinski definition) is 5. The van der Waals surface area contributed by atoms with Gasteiger partial charge in [-0.1, -0.05) is 0 Å². The molecule has 0 unspecified atom stereocenters. The van der Waals surface area contributed by atoms with Crippen LogP contribution in [0.25, 0.3) is 5.65 Å². The Morgan fingerprint density at radius 2 is 2.21 bits per heavy atom. The lowest BCUT2D eigenvalue weighted by molar-refractivity contribution is 0.396. The SMILES string of the molecule is COc1cn2cc(CN)nc2c(N)n1. The third kappa shape index (κ3) is 1.25.